The van der Waals surface area contributed by atoms with Crippen LogP contribution in [-0.2, 0) is 6.42 Å². The molecule has 0 radical (unpaired) electrons. The van der Waals surface area contributed by atoms with Crippen molar-refractivity contribution in [2.24, 2.45) is 11.7 Å². The van der Waals surface area contributed by atoms with Crippen LogP contribution in [0.2, 0.25) is 5.02 Å². The highest BCUT2D eigenvalue weighted by Crippen LogP contribution is 2.32. The summed E-state index contributed by atoms with van der Waals surface area (Å²) in [5.41, 5.74) is 7.29. The molecule has 2 aliphatic heterocycles. The van der Waals surface area contributed by atoms with E-state index in [1.807, 2.05) is 18.2 Å². The lowest BCUT2D eigenvalue weighted by atomic mass is 9.92. The normalized spacial score (nSPS) is 27.9. The average Bonchev–Trinajstić information content (AvgIpc) is 2.80. The topological polar surface area (TPSA) is 38.5 Å². The molecule has 1 saturated heterocycles. The van der Waals surface area contributed by atoms with Crippen LogP contribution in [0.3, 0.4) is 0 Å². The first-order chi connectivity index (χ1) is 9.61. The minimum absolute atomic E-state index is 0.260. The molecule has 2 aliphatic rings. The highest BCUT2D eigenvalue weighted by molar-refractivity contribution is 6.30. The van der Waals surface area contributed by atoms with Crippen molar-refractivity contribution < 1.29 is 4.74 Å². The Bertz CT molecular complexity index is 478. The van der Waals surface area contributed by atoms with Gasteiger partial charge in [-0.3, -0.25) is 4.90 Å². The molecule has 0 aromatic heterocycles. The van der Waals surface area contributed by atoms with E-state index < -0.39 is 0 Å². The summed E-state index contributed by atoms with van der Waals surface area (Å²) >= 11 is 6.04. The van der Waals surface area contributed by atoms with E-state index in [0.29, 0.717) is 12.0 Å². The van der Waals surface area contributed by atoms with E-state index in [1.165, 1.54) is 24.9 Å². The summed E-state index contributed by atoms with van der Waals surface area (Å²) in [6, 6.07) is 6.20. The number of fused-ring (bicyclic) bond motifs is 1. The van der Waals surface area contributed by atoms with Crippen molar-refractivity contribution in [2.75, 3.05) is 19.6 Å². The molecule has 3 atom stereocenters. The number of halogens is 1. The van der Waals surface area contributed by atoms with Gasteiger partial charge in [-0.05, 0) is 56.0 Å². The van der Waals surface area contributed by atoms with Crippen LogP contribution >= 0.6 is 11.6 Å². The maximum Gasteiger partial charge on any atom is 0.123 e. The summed E-state index contributed by atoms with van der Waals surface area (Å²) in [7, 11) is 0. The van der Waals surface area contributed by atoms with Gasteiger partial charge < -0.3 is 10.5 Å². The third-order valence-electron chi connectivity index (χ3n) is 4.51. The maximum atomic E-state index is 6.05. The molecule has 0 saturated carbocycles. The van der Waals surface area contributed by atoms with E-state index in [-0.39, 0.29) is 6.10 Å². The van der Waals surface area contributed by atoms with E-state index in [1.54, 1.807) is 0 Å². The molecule has 0 amide bonds. The van der Waals surface area contributed by atoms with E-state index in [4.69, 9.17) is 22.1 Å². The molecular formula is C16H23ClN2O. The first-order valence-electron chi connectivity index (χ1n) is 7.55. The van der Waals surface area contributed by atoms with Crippen LogP contribution in [0, 0.1) is 5.92 Å². The highest BCUT2D eigenvalue weighted by atomic mass is 35.5. The molecule has 1 aromatic rings. The molecule has 3 nitrogen and oxygen atoms in total. The second-order valence-electron chi connectivity index (χ2n) is 6.22. The fraction of sp³-hybridized carbons (Fsp3) is 0.625. The van der Waals surface area contributed by atoms with Crippen molar-refractivity contribution in [3.05, 3.63) is 28.8 Å². The van der Waals surface area contributed by atoms with Crippen molar-refractivity contribution >= 4 is 11.6 Å². The van der Waals surface area contributed by atoms with E-state index in [0.717, 1.165) is 30.3 Å². The standard InChI is InChI=1S/C16H23ClN2O/c1-11(18)12-3-2-6-19(9-12)10-15-8-13-7-14(17)4-5-16(13)20-15/h4-5,7,11-12,15H,2-3,6,8-10,18H2,1H3. The second kappa shape index (κ2) is 5.92. The molecule has 0 aliphatic carbocycles. The first-order valence-corrected chi connectivity index (χ1v) is 7.92. The van der Waals surface area contributed by atoms with Crippen LogP contribution < -0.4 is 10.5 Å². The minimum Gasteiger partial charge on any atom is -0.488 e. The summed E-state index contributed by atoms with van der Waals surface area (Å²) < 4.78 is 6.03. The van der Waals surface area contributed by atoms with Crippen molar-refractivity contribution in [2.45, 2.75) is 38.3 Å². The Morgan fingerprint density at radius 2 is 2.35 bits per heavy atom. The number of hydrogen-bond donors (Lipinski definition) is 1. The number of hydrogen-bond acceptors (Lipinski definition) is 3. The zero-order chi connectivity index (χ0) is 14.1. The third kappa shape index (κ3) is 3.11. The quantitative estimate of drug-likeness (QED) is 0.931. The second-order valence-corrected chi connectivity index (χ2v) is 6.65. The molecule has 3 rings (SSSR count). The van der Waals surface area contributed by atoms with Gasteiger partial charge in [0.1, 0.15) is 11.9 Å². The summed E-state index contributed by atoms with van der Waals surface area (Å²) in [5.74, 6) is 1.63. The molecule has 0 spiro atoms. The number of likely N-dealkylation sites (tertiary alicyclic amines) is 1. The van der Waals surface area contributed by atoms with Crippen molar-refractivity contribution in [1.29, 1.82) is 0 Å². The third-order valence-corrected chi connectivity index (χ3v) is 4.75. The lowest BCUT2D eigenvalue weighted by Crippen LogP contribution is -2.45. The smallest absolute Gasteiger partial charge is 0.123 e. The Hall–Kier alpha value is -0.770. The molecule has 2 heterocycles. The summed E-state index contributed by atoms with van der Waals surface area (Å²) in [5, 5.41) is 0.794. The fourth-order valence-electron chi connectivity index (χ4n) is 3.37. The Morgan fingerprint density at radius 1 is 1.50 bits per heavy atom. The van der Waals surface area contributed by atoms with Gasteiger partial charge in [0.25, 0.3) is 0 Å². The largest absolute Gasteiger partial charge is 0.488 e. The number of nitrogens with two attached hydrogens (primary N) is 1. The molecule has 0 bridgehead atoms. The predicted octanol–water partition coefficient (Wildman–Crippen LogP) is 2.70. The number of nitrogens with zero attached hydrogens (tertiary/aromatic N) is 1. The Labute approximate surface area is 126 Å². The van der Waals surface area contributed by atoms with Crippen LogP contribution in [0.4, 0.5) is 0 Å². The lowest BCUT2D eigenvalue weighted by molar-refractivity contribution is 0.104. The van der Waals surface area contributed by atoms with Crippen LogP contribution in [0.1, 0.15) is 25.3 Å². The summed E-state index contributed by atoms with van der Waals surface area (Å²) in [4.78, 5) is 2.51. The monoisotopic (exact) mass is 294 g/mol. The fourth-order valence-corrected chi connectivity index (χ4v) is 3.56. The van der Waals surface area contributed by atoms with Crippen LogP contribution in [0.15, 0.2) is 18.2 Å². The van der Waals surface area contributed by atoms with Crippen LogP contribution in [0.25, 0.3) is 0 Å². The van der Waals surface area contributed by atoms with Gasteiger partial charge in [-0.15, -0.1) is 0 Å². The molecule has 110 valence electrons. The number of ether oxygens (including phenoxy) is 1. The van der Waals surface area contributed by atoms with E-state index >= 15 is 0 Å². The summed E-state index contributed by atoms with van der Waals surface area (Å²) in [6.45, 7) is 5.39. The molecule has 20 heavy (non-hydrogen) atoms. The van der Waals surface area contributed by atoms with Gasteiger partial charge in [0.05, 0.1) is 0 Å². The number of piperidine rings is 1. The maximum absolute atomic E-state index is 6.05. The number of rotatable bonds is 3. The molecule has 4 heteroatoms. The van der Waals surface area contributed by atoms with Gasteiger partial charge in [-0.2, -0.15) is 0 Å². The Morgan fingerprint density at radius 3 is 3.15 bits per heavy atom. The lowest BCUT2D eigenvalue weighted by Gasteiger charge is -2.35. The van der Waals surface area contributed by atoms with Gasteiger partial charge >= 0.3 is 0 Å². The molecular weight excluding hydrogens is 272 g/mol. The molecule has 1 aromatic carbocycles. The SMILES string of the molecule is CC(N)C1CCCN(CC2Cc3cc(Cl)ccc3O2)C1. The van der Waals surface area contributed by atoms with E-state index in [9.17, 15) is 0 Å². The van der Waals surface area contributed by atoms with Crippen molar-refractivity contribution in [3.8, 4) is 5.75 Å². The van der Waals surface area contributed by atoms with Crippen LogP contribution in [0.5, 0.6) is 5.75 Å². The first kappa shape index (κ1) is 14.2. The van der Waals surface area contributed by atoms with Gasteiger partial charge in [-0.25, -0.2) is 0 Å². The Balaban J connectivity index is 1.57. The van der Waals surface area contributed by atoms with Crippen molar-refractivity contribution in [3.63, 3.8) is 0 Å². The minimum atomic E-state index is 0.260. The predicted molar refractivity (Wildman–Crippen MR) is 82.4 cm³/mol. The summed E-state index contributed by atoms with van der Waals surface area (Å²) in [6.07, 6.45) is 3.73. The highest BCUT2D eigenvalue weighted by Gasteiger charge is 2.28. The van der Waals surface area contributed by atoms with Gasteiger partial charge in [0.15, 0.2) is 0 Å². The van der Waals surface area contributed by atoms with E-state index in [2.05, 4.69) is 11.8 Å². The average molecular weight is 295 g/mol. The zero-order valence-corrected chi connectivity index (χ0v) is 12.8. The molecule has 2 N–H and O–H groups in total. The van der Waals surface area contributed by atoms with Gasteiger partial charge in [-0.1, -0.05) is 11.6 Å². The van der Waals surface area contributed by atoms with Crippen LogP contribution in [-0.4, -0.2) is 36.7 Å². The zero-order valence-electron chi connectivity index (χ0n) is 12.0. The Kier molecular flexibility index (Phi) is 4.20. The molecule has 1 fully saturated rings. The van der Waals surface area contributed by atoms with Gasteiger partial charge in [0.2, 0.25) is 0 Å². The molecule has 3 unspecified atom stereocenters. The number of benzene rings is 1. The van der Waals surface area contributed by atoms with Gasteiger partial charge in [0, 0.05) is 30.6 Å². The van der Waals surface area contributed by atoms with Crippen molar-refractivity contribution in [1.82, 2.24) is 4.90 Å².